The van der Waals surface area contributed by atoms with E-state index in [0.29, 0.717) is 11.4 Å². The zero-order chi connectivity index (χ0) is 16.6. The Morgan fingerprint density at radius 2 is 2.26 bits per heavy atom. The van der Waals surface area contributed by atoms with Crippen molar-refractivity contribution in [3.63, 3.8) is 0 Å². The molecule has 1 fully saturated rings. The Kier molecular flexibility index (Phi) is 4.04. The molecule has 0 saturated carbocycles. The molecule has 1 saturated heterocycles. The lowest BCUT2D eigenvalue weighted by Gasteiger charge is -2.25. The van der Waals surface area contributed by atoms with E-state index >= 15 is 0 Å². The van der Waals surface area contributed by atoms with Crippen molar-refractivity contribution < 1.29 is 14.0 Å². The van der Waals surface area contributed by atoms with Gasteiger partial charge in [-0.2, -0.15) is 5.10 Å². The van der Waals surface area contributed by atoms with E-state index in [4.69, 9.17) is 11.6 Å². The molecule has 2 amide bonds. The van der Waals surface area contributed by atoms with Crippen LogP contribution in [0.2, 0.25) is 5.02 Å². The van der Waals surface area contributed by atoms with Gasteiger partial charge in [-0.05, 0) is 17.7 Å². The van der Waals surface area contributed by atoms with Crippen LogP contribution in [0.5, 0.6) is 0 Å². The molecule has 0 radical (unpaired) electrons. The van der Waals surface area contributed by atoms with Crippen molar-refractivity contribution in [2.75, 3.05) is 12.4 Å². The van der Waals surface area contributed by atoms with Crippen LogP contribution in [0, 0.1) is 11.7 Å². The number of nitrogens with one attached hydrogen (secondary N) is 2. The predicted octanol–water partition coefficient (Wildman–Crippen LogP) is 2.36. The number of hydrogen-bond acceptors (Lipinski definition) is 3. The van der Waals surface area contributed by atoms with Crippen molar-refractivity contribution >= 4 is 29.2 Å². The summed E-state index contributed by atoms with van der Waals surface area (Å²) in [5, 5.41) is 9.05. The van der Waals surface area contributed by atoms with Gasteiger partial charge in [0.25, 0.3) is 0 Å². The maximum atomic E-state index is 13.7. The Labute approximate surface area is 136 Å². The maximum Gasteiger partial charge on any atom is 0.231 e. The molecule has 6 nitrogen and oxygen atoms in total. The minimum atomic E-state index is -0.628. The Morgan fingerprint density at radius 3 is 2.91 bits per heavy atom. The Morgan fingerprint density at radius 1 is 1.48 bits per heavy atom. The van der Waals surface area contributed by atoms with E-state index in [1.807, 2.05) is 0 Å². The first-order chi connectivity index (χ1) is 11.0. The normalized spacial score (nSPS) is 20.8. The summed E-state index contributed by atoms with van der Waals surface area (Å²) < 4.78 is 13.7. The zero-order valence-corrected chi connectivity index (χ0v) is 13.0. The van der Waals surface area contributed by atoms with Crippen LogP contribution < -0.4 is 5.32 Å². The van der Waals surface area contributed by atoms with E-state index in [0.717, 1.165) is 0 Å². The Balaban J connectivity index is 1.89. The molecular weight excluding hydrogens is 323 g/mol. The quantitative estimate of drug-likeness (QED) is 0.903. The van der Waals surface area contributed by atoms with Gasteiger partial charge in [-0.3, -0.25) is 14.7 Å². The second kappa shape index (κ2) is 6.00. The lowest BCUT2D eigenvalue weighted by molar-refractivity contribution is -0.128. The summed E-state index contributed by atoms with van der Waals surface area (Å²) in [6, 6.07) is 5.37. The first kappa shape index (κ1) is 15.5. The van der Waals surface area contributed by atoms with Crippen molar-refractivity contribution in [1.29, 1.82) is 0 Å². The van der Waals surface area contributed by atoms with Gasteiger partial charge in [-0.25, -0.2) is 4.39 Å². The number of carbonyl (C=O) groups is 2. The van der Waals surface area contributed by atoms with Gasteiger partial charge < -0.3 is 10.2 Å². The number of aromatic nitrogens is 2. The number of anilines is 1. The number of likely N-dealkylation sites (tertiary alicyclic amines) is 1. The van der Waals surface area contributed by atoms with Gasteiger partial charge in [-0.15, -0.1) is 0 Å². The van der Waals surface area contributed by atoms with Crippen molar-refractivity contribution in [3.05, 3.63) is 46.9 Å². The monoisotopic (exact) mass is 336 g/mol. The van der Waals surface area contributed by atoms with Gasteiger partial charge in [0.1, 0.15) is 11.6 Å². The highest BCUT2D eigenvalue weighted by Gasteiger charge is 2.43. The van der Waals surface area contributed by atoms with Gasteiger partial charge >= 0.3 is 0 Å². The largest absolute Gasteiger partial charge is 0.338 e. The molecule has 3 rings (SSSR count). The fourth-order valence-corrected chi connectivity index (χ4v) is 2.93. The van der Waals surface area contributed by atoms with Crippen molar-refractivity contribution in [2.24, 2.45) is 5.92 Å². The predicted molar refractivity (Wildman–Crippen MR) is 82.2 cm³/mol. The molecule has 2 heterocycles. The molecule has 0 aliphatic carbocycles. The number of benzene rings is 1. The SMILES string of the molecule is CN1C(=O)CC(C(=O)Nc2ccn[nH]2)C1c1ccc(Cl)c(F)c1. The third-order valence-corrected chi connectivity index (χ3v) is 4.27. The van der Waals surface area contributed by atoms with Crippen LogP contribution >= 0.6 is 11.6 Å². The molecular formula is C15H14ClFN4O2. The maximum absolute atomic E-state index is 13.7. The average Bonchev–Trinajstić information content (AvgIpc) is 3.11. The Hall–Kier alpha value is -2.41. The molecule has 1 aromatic heterocycles. The highest BCUT2D eigenvalue weighted by molar-refractivity contribution is 6.30. The van der Waals surface area contributed by atoms with Crippen molar-refractivity contribution in [2.45, 2.75) is 12.5 Å². The summed E-state index contributed by atoms with van der Waals surface area (Å²) in [5.74, 6) is -1.26. The van der Waals surface area contributed by atoms with E-state index < -0.39 is 17.8 Å². The number of H-pyrrole nitrogens is 1. The van der Waals surface area contributed by atoms with Crippen LogP contribution in [0.15, 0.2) is 30.5 Å². The standard InChI is InChI=1S/C15H14ClFN4O2/c1-21-13(22)7-9(15(23)19-12-4-5-18-20-12)14(21)8-2-3-10(16)11(17)6-8/h2-6,9,14H,7H2,1H3,(H2,18,19,20,23). The van der Waals surface area contributed by atoms with E-state index in [2.05, 4.69) is 15.5 Å². The molecule has 1 aliphatic heterocycles. The third-order valence-electron chi connectivity index (χ3n) is 3.97. The second-order valence-corrected chi connectivity index (χ2v) is 5.80. The van der Waals surface area contributed by atoms with E-state index in [-0.39, 0.29) is 23.3 Å². The number of aromatic amines is 1. The van der Waals surface area contributed by atoms with Crippen molar-refractivity contribution in [1.82, 2.24) is 15.1 Å². The lowest BCUT2D eigenvalue weighted by Crippen LogP contribution is -2.30. The third kappa shape index (κ3) is 2.92. The van der Waals surface area contributed by atoms with Gasteiger partial charge in [0.2, 0.25) is 11.8 Å². The number of halogens is 2. The fraction of sp³-hybridized carbons (Fsp3) is 0.267. The summed E-state index contributed by atoms with van der Waals surface area (Å²) in [5.41, 5.74) is 0.532. The summed E-state index contributed by atoms with van der Waals surface area (Å²) in [7, 11) is 1.60. The smallest absolute Gasteiger partial charge is 0.231 e. The number of rotatable bonds is 3. The van der Waals surface area contributed by atoms with Gasteiger partial charge in [0.15, 0.2) is 0 Å². The molecule has 2 aromatic rings. The molecule has 0 spiro atoms. The molecule has 1 aliphatic rings. The topological polar surface area (TPSA) is 78.1 Å². The fourth-order valence-electron chi connectivity index (χ4n) is 2.81. The van der Waals surface area contributed by atoms with Crippen molar-refractivity contribution in [3.8, 4) is 0 Å². The molecule has 2 atom stereocenters. The molecule has 120 valence electrons. The minimum Gasteiger partial charge on any atom is -0.338 e. The second-order valence-electron chi connectivity index (χ2n) is 5.39. The number of amides is 2. The first-order valence-electron chi connectivity index (χ1n) is 6.98. The Bertz CT molecular complexity index is 750. The molecule has 2 N–H and O–H groups in total. The molecule has 1 aromatic carbocycles. The highest BCUT2D eigenvalue weighted by Crippen LogP contribution is 2.38. The van der Waals surface area contributed by atoms with Crippen LogP contribution in [-0.4, -0.2) is 34.0 Å². The molecule has 0 bridgehead atoms. The number of carbonyl (C=O) groups excluding carboxylic acids is 2. The lowest BCUT2D eigenvalue weighted by atomic mass is 9.93. The first-order valence-corrected chi connectivity index (χ1v) is 7.36. The van der Waals surface area contributed by atoms with E-state index in [1.54, 1.807) is 19.2 Å². The van der Waals surface area contributed by atoms with E-state index in [1.165, 1.54) is 23.2 Å². The van der Waals surface area contributed by atoms with Gasteiger partial charge in [-0.1, -0.05) is 17.7 Å². The van der Waals surface area contributed by atoms with Crippen LogP contribution in [0.25, 0.3) is 0 Å². The van der Waals surface area contributed by atoms with E-state index in [9.17, 15) is 14.0 Å². The highest BCUT2D eigenvalue weighted by atomic mass is 35.5. The van der Waals surface area contributed by atoms with Crippen LogP contribution in [-0.2, 0) is 9.59 Å². The van der Waals surface area contributed by atoms with Gasteiger partial charge in [0, 0.05) is 19.5 Å². The average molecular weight is 337 g/mol. The molecule has 8 heteroatoms. The van der Waals surface area contributed by atoms with Crippen LogP contribution in [0.4, 0.5) is 10.2 Å². The summed E-state index contributed by atoms with van der Waals surface area (Å²) in [6.45, 7) is 0. The summed E-state index contributed by atoms with van der Waals surface area (Å²) >= 11 is 5.70. The summed E-state index contributed by atoms with van der Waals surface area (Å²) in [4.78, 5) is 26.0. The molecule has 23 heavy (non-hydrogen) atoms. The summed E-state index contributed by atoms with van der Waals surface area (Å²) in [6.07, 6.45) is 1.57. The van der Waals surface area contributed by atoms with Gasteiger partial charge in [0.05, 0.1) is 23.2 Å². The van der Waals surface area contributed by atoms with Crippen LogP contribution in [0.1, 0.15) is 18.0 Å². The zero-order valence-electron chi connectivity index (χ0n) is 12.2. The number of hydrogen-bond donors (Lipinski definition) is 2. The molecule has 2 unspecified atom stereocenters. The number of nitrogens with zero attached hydrogens (tertiary/aromatic N) is 2. The van der Waals surface area contributed by atoms with Crippen LogP contribution in [0.3, 0.4) is 0 Å². The minimum absolute atomic E-state index is 0.000752.